The first-order valence-corrected chi connectivity index (χ1v) is 7.80. The third-order valence-electron chi connectivity index (χ3n) is 3.51. The number of nitrogens with one attached hydrogen (secondary N) is 2. The summed E-state index contributed by atoms with van der Waals surface area (Å²) in [6.45, 7) is 4.23. The average molecular weight is 299 g/mol. The van der Waals surface area contributed by atoms with Crippen molar-refractivity contribution in [3.63, 3.8) is 0 Å². The van der Waals surface area contributed by atoms with Crippen molar-refractivity contribution in [1.29, 1.82) is 0 Å². The molecule has 1 aromatic carbocycles. The van der Waals surface area contributed by atoms with E-state index in [1.807, 2.05) is 29.6 Å². The van der Waals surface area contributed by atoms with Crippen molar-refractivity contribution in [3.8, 4) is 0 Å². The first-order valence-electron chi connectivity index (χ1n) is 6.92. The van der Waals surface area contributed by atoms with Crippen LogP contribution in [-0.4, -0.2) is 16.1 Å². The molecule has 1 atom stereocenters. The molecule has 3 rings (SSSR count). The number of hydrogen-bond acceptors (Lipinski definition) is 3. The molecule has 4 nitrogen and oxygen atoms in total. The van der Waals surface area contributed by atoms with E-state index in [2.05, 4.69) is 35.4 Å². The lowest BCUT2D eigenvalue weighted by molar-refractivity contribution is 0.0926. The standard InChI is InChI=1S/C16H17N3OS/c1-10(2)15(14-4-3-7-21-14)18-16(20)11-5-6-12-9-17-19-13(12)8-11/h3-10,15H,1-2H3,(H,17,19)(H,18,20)/t15-/m0/s1. The Hall–Kier alpha value is -2.14. The summed E-state index contributed by atoms with van der Waals surface area (Å²) in [5.74, 6) is 0.280. The van der Waals surface area contributed by atoms with Crippen molar-refractivity contribution in [1.82, 2.24) is 15.5 Å². The second kappa shape index (κ2) is 5.69. The number of H-pyrrole nitrogens is 1. The Labute approximate surface area is 127 Å². The topological polar surface area (TPSA) is 57.8 Å². The molecular weight excluding hydrogens is 282 g/mol. The van der Waals surface area contributed by atoms with Gasteiger partial charge in [-0.25, -0.2) is 0 Å². The van der Waals surface area contributed by atoms with Gasteiger partial charge < -0.3 is 5.32 Å². The molecule has 0 radical (unpaired) electrons. The van der Waals surface area contributed by atoms with Crippen LogP contribution in [0.25, 0.3) is 10.9 Å². The minimum Gasteiger partial charge on any atom is -0.344 e. The molecule has 0 fully saturated rings. The van der Waals surface area contributed by atoms with Crippen LogP contribution in [0.2, 0.25) is 0 Å². The Bertz CT molecular complexity index is 746. The van der Waals surface area contributed by atoms with E-state index < -0.39 is 0 Å². The van der Waals surface area contributed by atoms with Gasteiger partial charge in [0.1, 0.15) is 0 Å². The molecule has 5 heteroatoms. The summed E-state index contributed by atoms with van der Waals surface area (Å²) in [5, 5.41) is 13.0. The number of carbonyl (C=O) groups is 1. The largest absolute Gasteiger partial charge is 0.344 e. The number of aromatic amines is 1. The summed E-state index contributed by atoms with van der Waals surface area (Å²) in [6, 6.07) is 9.69. The molecule has 0 saturated heterocycles. The van der Waals surface area contributed by atoms with Gasteiger partial charge in [-0.05, 0) is 29.5 Å². The predicted octanol–water partition coefficient (Wildman–Crippen LogP) is 3.75. The van der Waals surface area contributed by atoms with Crippen molar-refractivity contribution >= 4 is 28.1 Å². The Morgan fingerprint density at radius 3 is 2.90 bits per heavy atom. The highest BCUT2D eigenvalue weighted by Crippen LogP contribution is 2.26. The van der Waals surface area contributed by atoms with Gasteiger partial charge in [0, 0.05) is 15.8 Å². The maximum absolute atomic E-state index is 12.5. The van der Waals surface area contributed by atoms with E-state index in [1.165, 1.54) is 4.88 Å². The van der Waals surface area contributed by atoms with Crippen LogP contribution in [0.5, 0.6) is 0 Å². The van der Waals surface area contributed by atoms with Crippen molar-refractivity contribution in [2.45, 2.75) is 19.9 Å². The number of aromatic nitrogens is 2. The molecule has 0 saturated carbocycles. The second-order valence-corrected chi connectivity index (χ2v) is 6.36. The molecule has 0 bridgehead atoms. The molecule has 3 aromatic rings. The van der Waals surface area contributed by atoms with E-state index in [1.54, 1.807) is 17.5 Å². The molecule has 0 aliphatic rings. The van der Waals surface area contributed by atoms with Gasteiger partial charge in [0.25, 0.3) is 5.91 Å². The van der Waals surface area contributed by atoms with E-state index >= 15 is 0 Å². The SMILES string of the molecule is CC(C)[C@H](NC(=O)c1ccc2cn[nH]c2c1)c1cccs1. The van der Waals surface area contributed by atoms with Crippen LogP contribution in [0.3, 0.4) is 0 Å². The summed E-state index contributed by atoms with van der Waals surface area (Å²) in [5.41, 5.74) is 1.52. The molecule has 0 aliphatic heterocycles. The molecule has 0 spiro atoms. The fraction of sp³-hybridized carbons (Fsp3) is 0.250. The van der Waals surface area contributed by atoms with Crippen LogP contribution in [0, 0.1) is 5.92 Å². The van der Waals surface area contributed by atoms with E-state index in [9.17, 15) is 4.79 Å². The molecule has 1 amide bonds. The third kappa shape index (κ3) is 2.83. The van der Waals surface area contributed by atoms with E-state index in [0.29, 0.717) is 11.5 Å². The molecule has 2 aromatic heterocycles. The quantitative estimate of drug-likeness (QED) is 0.771. The minimum atomic E-state index is -0.0569. The molecule has 2 heterocycles. The summed E-state index contributed by atoms with van der Waals surface area (Å²) >= 11 is 1.67. The number of rotatable bonds is 4. The number of nitrogens with zero attached hydrogens (tertiary/aromatic N) is 1. The average Bonchev–Trinajstić information content (AvgIpc) is 3.14. The second-order valence-electron chi connectivity index (χ2n) is 5.38. The number of thiophene rings is 1. The van der Waals surface area contributed by atoms with E-state index in [0.717, 1.165) is 10.9 Å². The van der Waals surface area contributed by atoms with Crippen LogP contribution >= 0.6 is 11.3 Å². The van der Waals surface area contributed by atoms with Crippen molar-refractivity contribution < 1.29 is 4.79 Å². The highest BCUT2D eigenvalue weighted by Gasteiger charge is 2.20. The summed E-state index contributed by atoms with van der Waals surface area (Å²) in [6.07, 6.45) is 1.75. The Kier molecular flexibility index (Phi) is 3.75. The molecule has 0 aliphatic carbocycles. The van der Waals surface area contributed by atoms with Crippen LogP contribution in [0.15, 0.2) is 41.9 Å². The van der Waals surface area contributed by atoms with Gasteiger partial charge in [0.05, 0.1) is 17.8 Å². The number of benzene rings is 1. The smallest absolute Gasteiger partial charge is 0.251 e. The Balaban J connectivity index is 1.83. The number of fused-ring (bicyclic) bond motifs is 1. The van der Waals surface area contributed by atoms with Gasteiger partial charge in [0.2, 0.25) is 0 Å². The summed E-state index contributed by atoms with van der Waals surface area (Å²) < 4.78 is 0. The molecule has 2 N–H and O–H groups in total. The first kappa shape index (κ1) is 13.8. The zero-order valence-electron chi connectivity index (χ0n) is 12.0. The van der Waals surface area contributed by atoms with E-state index in [-0.39, 0.29) is 11.9 Å². The molecule has 0 unspecified atom stereocenters. The van der Waals surface area contributed by atoms with Crippen LogP contribution in [0.1, 0.15) is 35.1 Å². The van der Waals surface area contributed by atoms with Gasteiger partial charge >= 0.3 is 0 Å². The van der Waals surface area contributed by atoms with Gasteiger partial charge in [0.15, 0.2) is 0 Å². The van der Waals surface area contributed by atoms with Crippen molar-refractivity contribution in [2.24, 2.45) is 5.92 Å². The maximum atomic E-state index is 12.5. The van der Waals surface area contributed by atoms with Crippen LogP contribution in [0.4, 0.5) is 0 Å². The molecule has 108 valence electrons. The summed E-state index contributed by atoms with van der Waals surface area (Å²) in [7, 11) is 0. The van der Waals surface area contributed by atoms with Gasteiger partial charge in [-0.1, -0.05) is 26.0 Å². The third-order valence-corrected chi connectivity index (χ3v) is 4.46. The van der Waals surface area contributed by atoms with Gasteiger partial charge in [-0.3, -0.25) is 9.89 Å². The lowest BCUT2D eigenvalue weighted by Gasteiger charge is -2.21. The number of amides is 1. The van der Waals surface area contributed by atoms with Gasteiger partial charge in [-0.15, -0.1) is 11.3 Å². The highest BCUT2D eigenvalue weighted by atomic mass is 32.1. The van der Waals surface area contributed by atoms with Crippen molar-refractivity contribution in [2.75, 3.05) is 0 Å². The van der Waals surface area contributed by atoms with Crippen LogP contribution < -0.4 is 5.32 Å². The van der Waals surface area contributed by atoms with Crippen LogP contribution in [-0.2, 0) is 0 Å². The zero-order valence-corrected chi connectivity index (χ0v) is 12.8. The zero-order chi connectivity index (χ0) is 14.8. The van der Waals surface area contributed by atoms with Gasteiger partial charge in [-0.2, -0.15) is 5.10 Å². The highest BCUT2D eigenvalue weighted by molar-refractivity contribution is 7.10. The van der Waals surface area contributed by atoms with E-state index in [4.69, 9.17) is 0 Å². The maximum Gasteiger partial charge on any atom is 0.251 e. The monoisotopic (exact) mass is 299 g/mol. The first-order chi connectivity index (χ1) is 10.1. The lowest BCUT2D eigenvalue weighted by Crippen LogP contribution is -2.31. The Morgan fingerprint density at radius 2 is 2.19 bits per heavy atom. The van der Waals surface area contributed by atoms with Crippen molar-refractivity contribution in [3.05, 3.63) is 52.3 Å². The Morgan fingerprint density at radius 1 is 1.33 bits per heavy atom. The number of hydrogen-bond donors (Lipinski definition) is 2. The fourth-order valence-corrected chi connectivity index (χ4v) is 3.29. The lowest BCUT2D eigenvalue weighted by atomic mass is 10.0. The summed E-state index contributed by atoms with van der Waals surface area (Å²) in [4.78, 5) is 13.7. The molecular formula is C16H17N3OS. The molecule has 21 heavy (non-hydrogen) atoms. The fourth-order valence-electron chi connectivity index (χ4n) is 2.34. The normalized spacial score (nSPS) is 12.7. The number of carbonyl (C=O) groups excluding carboxylic acids is 1. The minimum absolute atomic E-state index is 0.0370. The predicted molar refractivity (Wildman–Crippen MR) is 85.5 cm³/mol.